The number of rotatable bonds is 5. The van der Waals surface area contributed by atoms with Gasteiger partial charge in [0.25, 0.3) is 0 Å². The molecule has 0 spiro atoms. The highest BCUT2D eigenvalue weighted by atomic mass is 16.1. The second kappa shape index (κ2) is 6.31. The third kappa shape index (κ3) is 3.54. The third-order valence-electron chi connectivity index (χ3n) is 3.37. The quantitative estimate of drug-likeness (QED) is 0.613. The van der Waals surface area contributed by atoms with Crippen molar-refractivity contribution < 1.29 is 9.59 Å². The van der Waals surface area contributed by atoms with Crippen LogP contribution >= 0.6 is 0 Å². The van der Waals surface area contributed by atoms with Gasteiger partial charge in [0.15, 0.2) is 11.6 Å². The predicted octanol–water partition coefficient (Wildman–Crippen LogP) is 3.91. The molecule has 106 valence electrons. The van der Waals surface area contributed by atoms with Gasteiger partial charge in [-0.2, -0.15) is 0 Å². The minimum Gasteiger partial charge on any atom is -0.294 e. The number of aryl methyl sites for hydroxylation is 1. The zero-order valence-electron chi connectivity index (χ0n) is 12.3. The summed E-state index contributed by atoms with van der Waals surface area (Å²) in [6.45, 7) is 7.29. The van der Waals surface area contributed by atoms with E-state index in [9.17, 15) is 9.59 Å². The van der Waals surface area contributed by atoms with E-state index in [4.69, 9.17) is 0 Å². The molecule has 0 aromatic heterocycles. The molecule has 21 heavy (non-hydrogen) atoms. The van der Waals surface area contributed by atoms with Crippen molar-refractivity contribution in [3.8, 4) is 0 Å². The Kier molecular flexibility index (Phi) is 4.49. The molecule has 0 saturated heterocycles. The van der Waals surface area contributed by atoms with Crippen LogP contribution in [0.5, 0.6) is 0 Å². The van der Waals surface area contributed by atoms with Gasteiger partial charge in [-0.15, -0.1) is 0 Å². The average Bonchev–Trinajstić information content (AvgIpc) is 2.49. The van der Waals surface area contributed by atoms with Gasteiger partial charge < -0.3 is 0 Å². The SMILES string of the molecule is C=C(C)C(=O)Cc1ccc(C)cc1C(=O)c1ccccc1. The standard InChI is InChI=1S/C19H18O2/c1-13(2)18(20)12-16-10-9-14(3)11-17(16)19(21)15-7-5-4-6-8-15/h4-11H,1,12H2,2-3H3. The summed E-state index contributed by atoms with van der Waals surface area (Å²) in [5.74, 6) is -0.0928. The lowest BCUT2D eigenvalue weighted by atomic mass is 9.93. The lowest BCUT2D eigenvalue weighted by molar-refractivity contribution is -0.114. The summed E-state index contributed by atoms with van der Waals surface area (Å²) in [6, 6.07) is 14.7. The summed E-state index contributed by atoms with van der Waals surface area (Å²) < 4.78 is 0. The van der Waals surface area contributed by atoms with Gasteiger partial charge in [0.1, 0.15) is 0 Å². The van der Waals surface area contributed by atoms with Crippen LogP contribution in [0, 0.1) is 6.92 Å². The Morgan fingerprint density at radius 1 is 1.05 bits per heavy atom. The van der Waals surface area contributed by atoms with Crippen molar-refractivity contribution in [2.75, 3.05) is 0 Å². The van der Waals surface area contributed by atoms with Crippen LogP contribution in [0.25, 0.3) is 0 Å². The van der Waals surface area contributed by atoms with Crippen molar-refractivity contribution in [1.29, 1.82) is 0 Å². The van der Waals surface area contributed by atoms with Gasteiger partial charge >= 0.3 is 0 Å². The molecule has 0 amide bonds. The highest BCUT2D eigenvalue weighted by Gasteiger charge is 2.16. The zero-order valence-corrected chi connectivity index (χ0v) is 12.3. The maximum Gasteiger partial charge on any atom is 0.193 e. The highest BCUT2D eigenvalue weighted by molar-refractivity contribution is 6.11. The van der Waals surface area contributed by atoms with Crippen molar-refractivity contribution in [3.63, 3.8) is 0 Å². The Bertz CT molecular complexity index is 697. The molecule has 0 atom stereocenters. The first-order valence-corrected chi connectivity index (χ1v) is 6.87. The number of hydrogen-bond donors (Lipinski definition) is 0. The topological polar surface area (TPSA) is 34.1 Å². The molecule has 2 aromatic rings. The Labute approximate surface area is 125 Å². The molecular weight excluding hydrogens is 260 g/mol. The van der Waals surface area contributed by atoms with Crippen LogP contribution in [0.15, 0.2) is 60.7 Å². The Morgan fingerprint density at radius 2 is 1.71 bits per heavy atom. The van der Waals surface area contributed by atoms with E-state index >= 15 is 0 Å². The molecule has 0 bridgehead atoms. The van der Waals surface area contributed by atoms with Crippen LogP contribution in [-0.4, -0.2) is 11.6 Å². The molecule has 0 aliphatic carbocycles. The molecular formula is C19H18O2. The first-order chi connectivity index (χ1) is 9.99. The molecule has 0 saturated carbocycles. The lowest BCUT2D eigenvalue weighted by Crippen LogP contribution is -2.10. The van der Waals surface area contributed by atoms with Crippen LogP contribution in [0.1, 0.15) is 34.0 Å². The number of benzene rings is 2. The number of Topliss-reactive ketones (excluding diaryl/α,β-unsaturated/α-hetero) is 1. The van der Waals surface area contributed by atoms with Crippen molar-refractivity contribution in [1.82, 2.24) is 0 Å². The molecule has 0 N–H and O–H groups in total. The normalized spacial score (nSPS) is 10.2. The Morgan fingerprint density at radius 3 is 2.33 bits per heavy atom. The van der Waals surface area contributed by atoms with E-state index in [1.54, 1.807) is 19.1 Å². The second-order valence-electron chi connectivity index (χ2n) is 5.24. The molecule has 0 radical (unpaired) electrons. The molecule has 0 heterocycles. The molecule has 0 aliphatic heterocycles. The molecule has 0 fully saturated rings. The summed E-state index contributed by atoms with van der Waals surface area (Å²) in [5.41, 5.74) is 3.49. The summed E-state index contributed by atoms with van der Waals surface area (Å²) in [6.07, 6.45) is 0.212. The number of allylic oxidation sites excluding steroid dienone is 1. The van der Waals surface area contributed by atoms with Gasteiger partial charge in [0.2, 0.25) is 0 Å². The highest BCUT2D eigenvalue weighted by Crippen LogP contribution is 2.18. The van der Waals surface area contributed by atoms with Crippen LogP contribution in [0.4, 0.5) is 0 Å². The molecule has 2 rings (SSSR count). The minimum absolute atomic E-state index is 0.0408. The van der Waals surface area contributed by atoms with E-state index in [1.165, 1.54) is 0 Å². The summed E-state index contributed by atoms with van der Waals surface area (Å²) in [7, 11) is 0. The van der Waals surface area contributed by atoms with Gasteiger partial charge in [-0.3, -0.25) is 9.59 Å². The van der Waals surface area contributed by atoms with Crippen LogP contribution in [-0.2, 0) is 11.2 Å². The van der Waals surface area contributed by atoms with Crippen LogP contribution in [0.3, 0.4) is 0 Å². The zero-order chi connectivity index (χ0) is 15.4. The van der Waals surface area contributed by atoms with Gasteiger partial charge in [-0.25, -0.2) is 0 Å². The fourth-order valence-corrected chi connectivity index (χ4v) is 2.12. The van der Waals surface area contributed by atoms with Gasteiger partial charge in [0.05, 0.1) is 0 Å². The smallest absolute Gasteiger partial charge is 0.193 e. The van der Waals surface area contributed by atoms with E-state index in [2.05, 4.69) is 6.58 Å². The first kappa shape index (κ1) is 14.9. The number of hydrogen-bond acceptors (Lipinski definition) is 2. The average molecular weight is 278 g/mol. The van der Waals surface area contributed by atoms with E-state index in [0.29, 0.717) is 16.7 Å². The van der Waals surface area contributed by atoms with Crippen LogP contribution < -0.4 is 0 Å². The number of ketones is 2. The molecule has 0 aliphatic rings. The number of carbonyl (C=O) groups is 2. The fourth-order valence-electron chi connectivity index (χ4n) is 2.12. The molecule has 0 unspecified atom stereocenters. The predicted molar refractivity (Wildman–Crippen MR) is 84.6 cm³/mol. The molecule has 2 heteroatoms. The second-order valence-corrected chi connectivity index (χ2v) is 5.24. The number of carbonyl (C=O) groups excluding carboxylic acids is 2. The van der Waals surface area contributed by atoms with E-state index < -0.39 is 0 Å². The van der Waals surface area contributed by atoms with Crippen LogP contribution in [0.2, 0.25) is 0 Å². The van der Waals surface area contributed by atoms with E-state index in [0.717, 1.165) is 11.1 Å². The Hall–Kier alpha value is -2.48. The monoisotopic (exact) mass is 278 g/mol. The maximum absolute atomic E-state index is 12.6. The lowest BCUT2D eigenvalue weighted by Gasteiger charge is -2.10. The first-order valence-electron chi connectivity index (χ1n) is 6.87. The van der Waals surface area contributed by atoms with Crippen molar-refractivity contribution in [2.45, 2.75) is 20.3 Å². The minimum atomic E-state index is -0.0520. The summed E-state index contributed by atoms with van der Waals surface area (Å²) in [5, 5.41) is 0. The third-order valence-corrected chi connectivity index (χ3v) is 3.37. The Balaban J connectivity index is 2.42. The van der Waals surface area contributed by atoms with E-state index in [1.807, 2.05) is 43.3 Å². The fraction of sp³-hybridized carbons (Fsp3) is 0.158. The summed E-state index contributed by atoms with van der Waals surface area (Å²) >= 11 is 0. The van der Waals surface area contributed by atoms with Gasteiger partial charge in [-0.05, 0) is 31.1 Å². The molecule has 2 aromatic carbocycles. The van der Waals surface area contributed by atoms with Gasteiger partial charge in [0, 0.05) is 17.5 Å². The summed E-state index contributed by atoms with van der Waals surface area (Å²) in [4.78, 5) is 24.5. The van der Waals surface area contributed by atoms with Crippen molar-refractivity contribution in [3.05, 3.63) is 82.9 Å². The van der Waals surface area contributed by atoms with Gasteiger partial charge in [-0.1, -0.05) is 54.6 Å². The van der Waals surface area contributed by atoms with E-state index in [-0.39, 0.29) is 18.0 Å². The molecule has 2 nitrogen and oxygen atoms in total. The maximum atomic E-state index is 12.6. The van der Waals surface area contributed by atoms with Crippen molar-refractivity contribution >= 4 is 11.6 Å². The largest absolute Gasteiger partial charge is 0.294 e. The van der Waals surface area contributed by atoms with Crippen molar-refractivity contribution in [2.24, 2.45) is 0 Å².